The zero-order valence-corrected chi connectivity index (χ0v) is 5.86. The Hall–Kier alpha value is 0.530. The zero-order chi connectivity index (χ0) is 4.28. The second-order valence-corrected chi connectivity index (χ2v) is 3.30. The summed E-state index contributed by atoms with van der Waals surface area (Å²) in [6, 6.07) is 0. The first-order valence-electron chi connectivity index (χ1n) is 1.58. The SMILES string of the molecule is C=CC(C)[TeH]. The normalized spacial score (nSPS) is 14.0. The summed E-state index contributed by atoms with van der Waals surface area (Å²) in [5.41, 5.74) is 0. The first-order chi connectivity index (χ1) is 2.27. The molecule has 0 radical (unpaired) electrons. The fraction of sp³-hybridized carbons (Fsp3) is 0.500. The molecule has 0 bridgehead atoms. The summed E-state index contributed by atoms with van der Waals surface area (Å²) in [4.78, 5) is 0. The van der Waals surface area contributed by atoms with E-state index in [0.29, 0.717) is 3.97 Å². The summed E-state index contributed by atoms with van der Waals surface area (Å²) in [5, 5.41) is 0. The molecule has 1 heteroatoms. The van der Waals surface area contributed by atoms with Crippen molar-refractivity contribution >= 4 is 22.3 Å². The van der Waals surface area contributed by atoms with E-state index in [9.17, 15) is 0 Å². The number of hydrogen-bond acceptors (Lipinski definition) is 0. The maximum absolute atomic E-state index is 3.57. The number of allylic oxidation sites excluding steroid dienone is 1. The van der Waals surface area contributed by atoms with Gasteiger partial charge in [-0.05, 0) is 0 Å². The molecular formula is C4H8Te. The van der Waals surface area contributed by atoms with Crippen LogP contribution in [0.25, 0.3) is 0 Å². The van der Waals surface area contributed by atoms with Gasteiger partial charge in [-0.15, -0.1) is 0 Å². The molecule has 0 aliphatic heterocycles. The molecule has 0 aromatic carbocycles. The third-order valence-corrected chi connectivity index (χ3v) is 0.943. The van der Waals surface area contributed by atoms with Crippen LogP contribution in [-0.4, -0.2) is 22.3 Å². The summed E-state index contributed by atoms with van der Waals surface area (Å²) in [5.74, 6) is 0. The van der Waals surface area contributed by atoms with E-state index < -0.39 is 0 Å². The maximum atomic E-state index is 3.57. The average Bonchev–Trinajstić information content (AvgIpc) is 1.38. The van der Waals surface area contributed by atoms with Crippen LogP contribution in [0.1, 0.15) is 6.92 Å². The molecule has 0 amide bonds. The van der Waals surface area contributed by atoms with Crippen molar-refractivity contribution in [3.05, 3.63) is 12.7 Å². The Balaban J connectivity index is 2.83. The summed E-state index contributed by atoms with van der Waals surface area (Å²) >= 11 is 1.80. The Kier molecular flexibility index (Phi) is 3.04. The average molecular weight is 184 g/mol. The molecule has 0 spiro atoms. The third kappa shape index (κ3) is 4.53. The van der Waals surface area contributed by atoms with Crippen molar-refractivity contribution in [3.8, 4) is 0 Å². The van der Waals surface area contributed by atoms with Crippen LogP contribution >= 0.6 is 0 Å². The van der Waals surface area contributed by atoms with Crippen molar-refractivity contribution in [2.75, 3.05) is 0 Å². The van der Waals surface area contributed by atoms with E-state index in [-0.39, 0.29) is 0 Å². The van der Waals surface area contributed by atoms with Crippen LogP contribution in [0.5, 0.6) is 0 Å². The van der Waals surface area contributed by atoms with Crippen molar-refractivity contribution in [1.29, 1.82) is 0 Å². The van der Waals surface area contributed by atoms with Gasteiger partial charge in [0.25, 0.3) is 0 Å². The van der Waals surface area contributed by atoms with Gasteiger partial charge in [-0.2, -0.15) is 0 Å². The Morgan fingerprint density at radius 3 is 2.20 bits per heavy atom. The molecule has 1 atom stereocenters. The van der Waals surface area contributed by atoms with E-state index in [4.69, 9.17) is 0 Å². The van der Waals surface area contributed by atoms with Crippen molar-refractivity contribution in [2.45, 2.75) is 10.9 Å². The topological polar surface area (TPSA) is 0 Å². The molecule has 0 saturated carbocycles. The predicted octanol–water partition coefficient (Wildman–Crippen LogP) is 0.882. The second kappa shape index (κ2) is 2.75. The Morgan fingerprint density at radius 2 is 2.20 bits per heavy atom. The monoisotopic (exact) mass is 186 g/mol. The molecule has 0 saturated heterocycles. The van der Waals surface area contributed by atoms with Gasteiger partial charge in [0.15, 0.2) is 0 Å². The van der Waals surface area contributed by atoms with E-state index in [1.165, 1.54) is 0 Å². The second-order valence-electron chi connectivity index (χ2n) is 0.976. The molecule has 30 valence electrons. The van der Waals surface area contributed by atoms with Crippen LogP contribution < -0.4 is 0 Å². The summed E-state index contributed by atoms with van der Waals surface area (Å²) < 4.78 is 0.698. The molecule has 0 aliphatic rings. The Labute approximate surface area is 46.2 Å². The molecule has 0 aromatic rings. The molecule has 5 heavy (non-hydrogen) atoms. The van der Waals surface area contributed by atoms with Gasteiger partial charge in [-0.25, -0.2) is 0 Å². The first kappa shape index (κ1) is 5.53. The van der Waals surface area contributed by atoms with Crippen LogP contribution in [-0.2, 0) is 0 Å². The van der Waals surface area contributed by atoms with Gasteiger partial charge in [0.2, 0.25) is 0 Å². The van der Waals surface area contributed by atoms with Gasteiger partial charge < -0.3 is 0 Å². The van der Waals surface area contributed by atoms with Gasteiger partial charge in [-0.3, -0.25) is 0 Å². The molecule has 1 unspecified atom stereocenters. The van der Waals surface area contributed by atoms with Crippen LogP contribution in [0.15, 0.2) is 12.7 Å². The van der Waals surface area contributed by atoms with Gasteiger partial charge in [0.05, 0.1) is 0 Å². The van der Waals surface area contributed by atoms with Crippen molar-refractivity contribution in [2.24, 2.45) is 0 Å². The molecule has 0 N–H and O–H groups in total. The number of hydrogen-bond donors (Lipinski definition) is 0. The van der Waals surface area contributed by atoms with Gasteiger partial charge in [0, 0.05) is 0 Å². The summed E-state index contributed by atoms with van der Waals surface area (Å²) in [7, 11) is 0. The molecular weight excluding hydrogens is 176 g/mol. The zero-order valence-electron chi connectivity index (χ0n) is 3.31. The van der Waals surface area contributed by atoms with Gasteiger partial charge in [0.1, 0.15) is 0 Å². The fourth-order valence-corrected chi connectivity index (χ4v) is 0. The molecule has 0 fully saturated rings. The fourth-order valence-electron chi connectivity index (χ4n) is 0. The minimum absolute atomic E-state index is 0.698. The Bertz CT molecular complexity index is 30.6. The van der Waals surface area contributed by atoms with E-state index in [0.717, 1.165) is 0 Å². The molecule has 0 nitrogen and oxygen atoms in total. The summed E-state index contributed by atoms with van der Waals surface area (Å²) in [6.45, 7) is 5.70. The first-order valence-corrected chi connectivity index (χ1v) is 3.05. The van der Waals surface area contributed by atoms with Crippen molar-refractivity contribution < 1.29 is 0 Å². The van der Waals surface area contributed by atoms with Crippen LogP contribution in [0, 0.1) is 0 Å². The van der Waals surface area contributed by atoms with Gasteiger partial charge >= 0.3 is 45.8 Å². The quantitative estimate of drug-likeness (QED) is 0.419. The third-order valence-electron chi connectivity index (χ3n) is 0.341. The van der Waals surface area contributed by atoms with E-state index in [1.807, 2.05) is 6.08 Å². The van der Waals surface area contributed by atoms with Gasteiger partial charge in [-0.1, -0.05) is 0 Å². The van der Waals surface area contributed by atoms with Crippen LogP contribution in [0.4, 0.5) is 0 Å². The van der Waals surface area contributed by atoms with Crippen LogP contribution in [0.3, 0.4) is 0 Å². The van der Waals surface area contributed by atoms with E-state index in [1.54, 1.807) is 22.3 Å². The van der Waals surface area contributed by atoms with Crippen molar-refractivity contribution in [3.63, 3.8) is 0 Å². The standard InChI is InChI=1S/C4H8Te/c1-3-4(2)5/h3-5H,1H2,2H3. The molecule has 0 rings (SSSR count). The van der Waals surface area contributed by atoms with E-state index >= 15 is 0 Å². The molecule has 0 aliphatic carbocycles. The number of rotatable bonds is 1. The molecule has 0 heterocycles. The van der Waals surface area contributed by atoms with E-state index in [2.05, 4.69) is 13.5 Å². The van der Waals surface area contributed by atoms with Crippen LogP contribution in [0.2, 0.25) is 3.97 Å². The predicted molar refractivity (Wildman–Crippen MR) is 26.8 cm³/mol. The van der Waals surface area contributed by atoms with Crippen molar-refractivity contribution in [1.82, 2.24) is 0 Å². The minimum atomic E-state index is 0.698. The summed E-state index contributed by atoms with van der Waals surface area (Å²) in [6.07, 6.45) is 1.94. The molecule has 0 aromatic heterocycles. The Morgan fingerprint density at radius 1 is 2.00 bits per heavy atom.